The van der Waals surface area contributed by atoms with E-state index in [4.69, 9.17) is 4.74 Å². The number of hydrogen-bond donors (Lipinski definition) is 1. The molecule has 8 nitrogen and oxygen atoms in total. The summed E-state index contributed by atoms with van der Waals surface area (Å²) in [5.74, 6) is -0.987. The van der Waals surface area contributed by atoms with Crippen molar-refractivity contribution in [3.8, 4) is 5.69 Å². The van der Waals surface area contributed by atoms with Crippen LogP contribution in [-0.4, -0.2) is 51.8 Å². The van der Waals surface area contributed by atoms with Crippen molar-refractivity contribution in [2.75, 3.05) is 13.1 Å². The van der Waals surface area contributed by atoms with E-state index in [0.29, 0.717) is 13.0 Å². The third kappa shape index (κ3) is 4.05. The SMILES string of the molecule is Cc1nn(-c2ccccc2)c(C)c1CCC(=O)O[C@@H](C)C(=O)N1CCNC1=O. The van der Waals surface area contributed by atoms with Crippen LogP contribution in [0.25, 0.3) is 5.69 Å². The summed E-state index contributed by atoms with van der Waals surface area (Å²) < 4.78 is 7.08. The van der Waals surface area contributed by atoms with Gasteiger partial charge in [0.05, 0.1) is 11.4 Å². The summed E-state index contributed by atoms with van der Waals surface area (Å²) in [5, 5.41) is 7.12. The zero-order chi connectivity index (χ0) is 20.3. The third-order valence-corrected chi connectivity index (χ3v) is 4.80. The fourth-order valence-electron chi connectivity index (χ4n) is 3.29. The van der Waals surface area contributed by atoms with Gasteiger partial charge in [-0.2, -0.15) is 5.10 Å². The zero-order valence-corrected chi connectivity index (χ0v) is 16.3. The highest BCUT2D eigenvalue weighted by atomic mass is 16.5. The summed E-state index contributed by atoms with van der Waals surface area (Å²) in [6, 6.07) is 9.33. The van der Waals surface area contributed by atoms with Crippen molar-refractivity contribution in [1.82, 2.24) is 20.0 Å². The molecule has 1 atom stereocenters. The van der Waals surface area contributed by atoms with Crippen molar-refractivity contribution in [2.45, 2.75) is 39.7 Å². The van der Waals surface area contributed by atoms with Crippen LogP contribution in [0.1, 0.15) is 30.3 Å². The molecule has 1 aliphatic rings. The number of hydrogen-bond acceptors (Lipinski definition) is 5. The van der Waals surface area contributed by atoms with Crippen LogP contribution in [0.5, 0.6) is 0 Å². The van der Waals surface area contributed by atoms with E-state index in [9.17, 15) is 14.4 Å². The molecule has 1 aromatic carbocycles. The molecule has 28 heavy (non-hydrogen) atoms. The molecule has 0 bridgehead atoms. The summed E-state index contributed by atoms with van der Waals surface area (Å²) in [4.78, 5) is 37.0. The van der Waals surface area contributed by atoms with Crippen molar-refractivity contribution in [1.29, 1.82) is 0 Å². The van der Waals surface area contributed by atoms with Gasteiger partial charge in [0.25, 0.3) is 5.91 Å². The highest BCUT2D eigenvalue weighted by molar-refractivity contribution is 5.98. The molecule has 1 fully saturated rings. The number of para-hydroxylation sites is 1. The molecule has 0 saturated carbocycles. The number of ether oxygens (including phenoxy) is 1. The Morgan fingerprint density at radius 3 is 2.61 bits per heavy atom. The first-order valence-electron chi connectivity index (χ1n) is 9.27. The zero-order valence-electron chi connectivity index (χ0n) is 16.3. The number of urea groups is 1. The van der Waals surface area contributed by atoms with Crippen LogP contribution in [0.15, 0.2) is 30.3 Å². The Morgan fingerprint density at radius 2 is 1.96 bits per heavy atom. The predicted molar refractivity (Wildman–Crippen MR) is 102 cm³/mol. The van der Waals surface area contributed by atoms with Crippen molar-refractivity contribution in [3.63, 3.8) is 0 Å². The maximum atomic E-state index is 12.2. The van der Waals surface area contributed by atoms with E-state index in [0.717, 1.165) is 27.5 Å². The predicted octanol–water partition coefficient (Wildman–Crippen LogP) is 1.91. The number of nitrogens with one attached hydrogen (secondary N) is 1. The fraction of sp³-hybridized carbons (Fsp3) is 0.400. The monoisotopic (exact) mass is 384 g/mol. The molecule has 1 aromatic heterocycles. The largest absolute Gasteiger partial charge is 0.453 e. The number of carbonyl (C=O) groups is 3. The Bertz CT molecular complexity index is 891. The quantitative estimate of drug-likeness (QED) is 0.768. The van der Waals surface area contributed by atoms with Crippen LogP contribution >= 0.6 is 0 Å². The standard InChI is InChI=1S/C20H24N4O4/c1-13-17(14(2)24(22-13)16-7-5-4-6-8-16)9-10-18(25)28-15(3)19(26)23-12-11-21-20(23)27/h4-8,15H,9-12H2,1-3H3,(H,21,27)/t15-/m0/s1. The van der Waals surface area contributed by atoms with E-state index in [1.54, 1.807) is 0 Å². The van der Waals surface area contributed by atoms with Gasteiger partial charge in [0.2, 0.25) is 0 Å². The molecule has 8 heteroatoms. The van der Waals surface area contributed by atoms with Gasteiger partial charge < -0.3 is 10.1 Å². The molecule has 0 spiro atoms. The first-order valence-corrected chi connectivity index (χ1v) is 9.27. The van der Waals surface area contributed by atoms with Gasteiger partial charge in [0.1, 0.15) is 0 Å². The van der Waals surface area contributed by atoms with Gasteiger partial charge in [-0.15, -0.1) is 0 Å². The number of imide groups is 1. The summed E-state index contributed by atoms with van der Waals surface area (Å²) >= 11 is 0. The van der Waals surface area contributed by atoms with E-state index < -0.39 is 24.0 Å². The number of carbonyl (C=O) groups excluding carboxylic acids is 3. The van der Waals surface area contributed by atoms with Crippen molar-refractivity contribution < 1.29 is 19.1 Å². The minimum Gasteiger partial charge on any atom is -0.453 e. The van der Waals surface area contributed by atoms with Gasteiger partial charge >= 0.3 is 12.0 Å². The van der Waals surface area contributed by atoms with Gasteiger partial charge in [-0.05, 0) is 44.9 Å². The number of esters is 1. The van der Waals surface area contributed by atoms with E-state index in [-0.39, 0.29) is 13.0 Å². The Kier molecular flexibility index (Phi) is 5.77. The van der Waals surface area contributed by atoms with E-state index in [1.165, 1.54) is 6.92 Å². The molecule has 0 radical (unpaired) electrons. The molecule has 3 rings (SSSR count). The third-order valence-electron chi connectivity index (χ3n) is 4.80. The maximum Gasteiger partial charge on any atom is 0.324 e. The Balaban J connectivity index is 1.60. The van der Waals surface area contributed by atoms with Crippen molar-refractivity contribution in [3.05, 3.63) is 47.3 Å². The van der Waals surface area contributed by atoms with Crippen LogP contribution in [0.3, 0.4) is 0 Å². The highest BCUT2D eigenvalue weighted by Gasteiger charge is 2.31. The Labute approximate surface area is 163 Å². The molecule has 1 N–H and O–H groups in total. The number of aryl methyl sites for hydroxylation is 1. The van der Waals surface area contributed by atoms with Gasteiger partial charge in [0.15, 0.2) is 6.10 Å². The molecule has 148 valence electrons. The topological polar surface area (TPSA) is 93.5 Å². The lowest BCUT2D eigenvalue weighted by molar-refractivity contribution is -0.157. The average Bonchev–Trinajstić information content (AvgIpc) is 3.23. The Morgan fingerprint density at radius 1 is 1.25 bits per heavy atom. The lowest BCUT2D eigenvalue weighted by Gasteiger charge is -2.18. The molecule has 2 heterocycles. The molecule has 1 aliphatic heterocycles. The smallest absolute Gasteiger partial charge is 0.324 e. The van der Waals surface area contributed by atoms with Gasteiger partial charge in [-0.3, -0.25) is 14.5 Å². The number of aromatic nitrogens is 2. The van der Waals surface area contributed by atoms with Gasteiger partial charge in [0, 0.05) is 25.2 Å². The van der Waals surface area contributed by atoms with Gasteiger partial charge in [-0.25, -0.2) is 9.48 Å². The van der Waals surface area contributed by atoms with Crippen LogP contribution in [0, 0.1) is 13.8 Å². The lowest BCUT2D eigenvalue weighted by Crippen LogP contribution is -2.41. The average molecular weight is 384 g/mol. The molecule has 0 aliphatic carbocycles. The first-order chi connectivity index (χ1) is 13.4. The minimum absolute atomic E-state index is 0.131. The molecule has 0 unspecified atom stereocenters. The summed E-state index contributed by atoms with van der Waals surface area (Å²) in [7, 11) is 0. The summed E-state index contributed by atoms with van der Waals surface area (Å²) in [6.07, 6.45) is -0.397. The first kappa shape index (κ1) is 19.6. The van der Waals surface area contributed by atoms with Crippen LogP contribution < -0.4 is 5.32 Å². The second-order valence-electron chi connectivity index (χ2n) is 6.75. The normalized spacial score (nSPS) is 14.7. The molecule has 2 aromatic rings. The lowest BCUT2D eigenvalue weighted by atomic mass is 10.1. The highest BCUT2D eigenvalue weighted by Crippen LogP contribution is 2.19. The van der Waals surface area contributed by atoms with Crippen LogP contribution in [-0.2, 0) is 20.7 Å². The van der Waals surface area contributed by atoms with Gasteiger partial charge in [-0.1, -0.05) is 18.2 Å². The number of nitrogens with zero attached hydrogens (tertiary/aromatic N) is 3. The van der Waals surface area contributed by atoms with Crippen LogP contribution in [0.2, 0.25) is 0 Å². The maximum absolute atomic E-state index is 12.2. The van der Waals surface area contributed by atoms with Crippen molar-refractivity contribution in [2.24, 2.45) is 0 Å². The van der Waals surface area contributed by atoms with E-state index >= 15 is 0 Å². The number of amides is 3. The molecule has 1 saturated heterocycles. The second-order valence-corrected chi connectivity index (χ2v) is 6.75. The molecular formula is C20H24N4O4. The number of benzene rings is 1. The fourth-order valence-corrected chi connectivity index (χ4v) is 3.29. The summed E-state index contributed by atoms with van der Waals surface area (Å²) in [5.41, 5.74) is 3.76. The van der Waals surface area contributed by atoms with Crippen LogP contribution in [0.4, 0.5) is 4.79 Å². The van der Waals surface area contributed by atoms with Crippen molar-refractivity contribution >= 4 is 17.9 Å². The second kappa shape index (κ2) is 8.24. The molecular weight excluding hydrogens is 360 g/mol. The molecule has 3 amide bonds. The van der Waals surface area contributed by atoms with E-state index in [1.807, 2.05) is 48.9 Å². The number of rotatable bonds is 6. The Hall–Kier alpha value is -3.16. The summed E-state index contributed by atoms with van der Waals surface area (Å²) in [6.45, 7) is 6.05. The van der Waals surface area contributed by atoms with E-state index in [2.05, 4.69) is 10.4 Å². The minimum atomic E-state index is -0.995.